The summed E-state index contributed by atoms with van der Waals surface area (Å²) in [5.41, 5.74) is 1.44. The Kier molecular flexibility index (Phi) is 7.05. The van der Waals surface area contributed by atoms with Gasteiger partial charge in [-0.15, -0.1) is 12.4 Å². The van der Waals surface area contributed by atoms with Gasteiger partial charge in [0, 0.05) is 18.8 Å². The Hall–Kier alpha value is -1.72. The lowest BCUT2D eigenvalue weighted by Gasteiger charge is -2.18. The predicted molar refractivity (Wildman–Crippen MR) is 86.8 cm³/mol. The Morgan fingerprint density at radius 1 is 1.10 bits per heavy atom. The van der Waals surface area contributed by atoms with E-state index in [1.165, 1.54) is 4.68 Å². The van der Waals surface area contributed by atoms with Gasteiger partial charge in [0.2, 0.25) is 0 Å². The molecule has 0 saturated heterocycles. The van der Waals surface area contributed by atoms with E-state index in [4.69, 9.17) is 0 Å². The first-order chi connectivity index (χ1) is 9.74. The highest BCUT2D eigenvalue weighted by molar-refractivity contribution is 5.85. The lowest BCUT2D eigenvalue weighted by atomic mass is 10.2. The monoisotopic (exact) mass is 308 g/mol. The Labute approximate surface area is 131 Å². The second kappa shape index (κ2) is 8.54. The second-order valence-electron chi connectivity index (χ2n) is 4.52. The molecule has 0 N–H and O–H groups in total. The van der Waals surface area contributed by atoms with Crippen LogP contribution in [0.15, 0.2) is 41.3 Å². The van der Waals surface area contributed by atoms with E-state index in [-0.39, 0.29) is 18.0 Å². The van der Waals surface area contributed by atoms with E-state index in [1.54, 1.807) is 18.3 Å². The molecule has 0 aromatic carbocycles. The van der Waals surface area contributed by atoms with Gasteiger partial charge in [0.05, 0.1) is 12.2 Å². The quantitative estimate of drug-likeness (QED) is 0.820. The molecule has 6 heteroatoms. The maximum absolute atomic E-state index is 11.9. The third-order valence-corrected chi connectivity index (χ3v) is 3.32. The van der Waals surface area contributed by atoms with Crippen LogP contribution in [0.3, 0.4) is 0 Å². The zero-order chi connectivity index (χ0) is 14.4. The molecular formula is C15H21ClN4O. The van der Waals surface area contributed by atoms with Crippen LogP contribution in [0.4, 0.5) is 0 Å². The summed E-state index contributed by atoms with van der Waals surface area (Å²) >= 11 is 0. The zero-order valence-corrected chi connectivity index (χ0v) is 13.2. The van der Waals surface area contributed by atoms with Crippen molar-refractivity contribution >= 4 is 12.4 Å². The molecule has 0 bridgehead atoms. The molecule has 0 aliphatic carbocycles. The van der Waals surface area contributed by atoms with E-state index in [2.05, 4.69) is 28.8 Å². The molecule has 21 heavy (non-hydrogen) atoms. The van der Waals surface area contributed by atoms with Gasteiger partial charge in [-0.05, 0) is 31.3 Å². The highest BCUT2D eigenvalue weighted by atomic mass is 35.5. The van der Waals surface area contributed by atoms with Gasteiger partial charge in [-0.1, -0.05) is 19.9 Å². The van der Waals surface area contributed by atoms with Crippen molar-refractivity contribution in [2.24, 2.45) is 0 Å². The van der Waals surface area contributed by atoms with Crippen LogP contribution in [0.2, 0.25) is 0 Å². The first-order valence-corrected chi connectivity index (χ1v) is 6.96. The smallest absolute Gasteiger partial charge is 0.266 e. The van der Waals surface area contributed by atoms with Crippen LogP contribution in [-0.2, 0) is 6.54 Å². The van der Waals surface area contributed by atoms with Crippen molar-refractivity contribution in [2.75, 3.05) is 19.6 Å². The van der Waals surface area contributed by atoms with Crippen molar-refractivity contribution in [3.05, 3.63) is 46.9 Å². The van der Waals surface area contributed by atoms with Gasteiger partial charge in [-0.3, -0.25) is 9.78 Å². The first-order valence-electron chi connectivity index (χ1n) is 6.96. The lowest BCUT2D eigenvalue weighted by Crippen LogP contribution is -2.32. The SMILES string of the molecule is CCN(CC)CCn1nc(-c2ccccn2)ccc1=O.Cl. The molecule has 0 aliphatic rings. The van der Waals surface area contributed by atoms with E-state index in [1.807, 2.05) is 18.2 Å². The minimum absolute atomic E-state index is 0. The molecule has 0 aliphatic heterocycles. The normalized spacial score (nSPS) is 10.4. The van der Waals surface area contributed by atoms with Gasteiger partial charge >= 0.3 is 0 Å². The van der Waals surface area contributed by atoms with Crippen molar-refractivity contribution in [1.29, 1.82) is 0 Å². The maximum Gasteiger partial charge on any atom is 0.266 e. The molecule has 0 saturated carbocycles. The van der Waals surface area contributed by atoms with Crippen LogP contribution in [0.25, 0.3) is 11.4 Å². The van der Waals surface area contributed by atoms with E-state index < -0.39 is 0 Å². The number of likely N-dealkylation sites (N-methyl/N-ethyl adjacent to an activating group) is 1. The summed E-state index contributed by atoms with van der Waals surface area (Å²) in [7, 11) is 0. The summed E-state index contributed by atoms with van der Waals surface area (Å²) in [6.45, 7) is 7.61. The van der Waals surface area contributed by atoms with E-state index in [0.29, 0.717) is 6.54 Å². The number of hydrogen-bond donors (Lipinski definition) is 0. The molecule has 0 unspecified atom stereocenters. The Morgan fingerprint density at radius 3 is 2.48 bits per heavy atom. The van der Waals surface area contributed by atoms with Gasteiger partial charge < -0.3 is 4.90 Å². The van der Waals surface area contributed by atoms with Gasteiger partial charge in [0.1, 0.15) is 5.69 Å². The maximum atomic E-state index is 11.9. The second-order valence-corrected chi connectivity index (χ2v) is 4.52. The number of rotatable bonds is 6. The topological polar surface area (TPSA) is 51.0 Å². The van der Waals surface area contributed by atoms with Crippen LogP contribution >= 0.6 is 12.4 Å². The molecule has 2 heterocycles. The summed E-state index contributed by atoms with van der Waals surface area (Å²) in [4.78, 5) is 18.4. The Balaban J connectivity index is 0.00000220. The lowest BCUT2D eigenvalue weighted by molar-refractivity contribution is 0.283. The van der Waals surface area contributed by atoms with Crippen molar-refractivity contribution in [1.82, 2.24) is 19.7 Å². The molecule has 0 fully saturated rings. The zero-order valence-electron chi connectivity index (χ0n) is 12.4. The minimum Gasteiger partial charge on any atom is -0.302 e. The van der Waals surface area contributed by atoms with Crippen molar-refractivity contribution < 1.29 is 0 Å². The largest absolute Gasteiger partial charge is 0.302 e. The van der Waals surface area contributed by atoms with Crippen LogP contribution < -0.4 is 5.56 Å². The highest BCUT2D eigenvalue weighted by Gasteiger charge is 2.05. The molecule has 0 amide bonds. The third-order valence-electron chi connectivity index (χ3n) is 3.32. The van der Waals surface area contributed by atoms with Gasteiger partial charge in [0.25, 0.3) is 5.56 Å². The molecule has 114 valence electrons. The summed E-state index contributed by atoms with van der Waals surface area (Å²) in [6.07, 6.45) is 1.72. The molecule has 0 atom stereocenters. The fourth-order valence-electron chi connectivity index (χ4n) is 2.04. The average Bonchev–Trinajstić information content (AvgIpc) is 2.51. The first kappa shape index (κ1) is 17.3. The molecule has 0 spiro atoms. The molecule has 0 radical (unpaired) electrons. The van der Waals surface area contributed by atoms with Crippen LogP contribution in [0.1, 0.15) is 13.8 Å². The van der Waals surface area contributed by atoms with E-state index in [9.17, 15) is 4.79 Å². The van der Waals surface area contributed by atoms with Crippen LogP contribution in [0.5, 0.6) is 0 Å². The highest BCUT2D eigenvalue weighted by Crippen LogP contribution is 2.10. The van der Waals surface area contributed by atoms with Gasteiger partial charge in [-0.2, -0.15) is 5.10 Å². The predicted octanol–water partition coefficient (Wildman–Crippen LogP) is 2.07. The number of hydrogen-bond acceptors (Lipinski definition) is 4. The van der Waals surface area contributed by atoms with Gasteiger partial charge in [0.15, 0.2) is 0 Å². The molecular weight excluding hydrogens is 288 g/mol. The van der Waals surface area contributed by atoms with Crippen LogP contribution in [0, 0.1) is 0 Å². The summed E-state index contributed by atoms with van der Waals surface area (Å²) in [6, 6.07) is 8.94. The van der Waals surface area contributed by atoms with E-state index >= 15 is 0 Å². The Morgan fingerprint density at radius 2 is 1.86 bits per heavy atom. The van der Waals surface area contributed by atoms with Crippen molar-refractivity contribution in [2.45, 2.75) is 20.4 Å². The summed E-state index contributed by atoms with van der Waals surface area (Å²) < 4.78 is 1.52. The average molecular weight is 309 g/mol. The molecule has 2 aromatic heterocycles. The summed E-state index contributed by atoms with van der Waals surface area (Å²) in [5.74, 6) is 0. The standard InChI is InChI=1S/C15H20N4O.ClH/c1-3-18(4-2)11-12-19-15(20)9-8-14(17-19)13-7-5-6-10-16-13;/h5-10H,3-4,11-12H2,1-2H3;1H. The number of nitrogens with zero attached hydrogens (tertiary/aromatic N) is 4. The van der Waals surface area contributed by atoms with E-state index in [0.717, 1.165) is 31.0 Å². The molecule has 2 aromatic rings. The number of pyridine rings is 1. The molecule has 5 nitrogen and oxygen atoms in total. The van der Waals surface area contributed by atoms with Gasteiger partial charge in [-0.25, -0.2) is 4.68 Å². The molecule has 2 rings (SSSR count). The van der Waals surface area contributed by atoms with Crippen LogP contribution in [-0.4, -0.2) is 39.3 Å². The fourth-order valence-corrected chi connectivity index (χ4v) is 2.04. The summed E-state index contributed by atoms with van der Waals surface area (Å²) in [5, 5.41) is 4.40. The number of halogens is 1. The third kappa shape index (κ3) is 4.65. The van der Waals surface area contributed by atoms with Crippen molar-refractivity contribution in [3.63, 3.8) is 0 Å². The fraction of sp³-hybridized carbons (Fsp3) is 0.400. The van der Waals surface area contributed by atoms with Crippen molar-refractivity contribution in [3.8, 4) is 11.4 Å². The Bertz CT molecular complexity index is 596. The minimum atomic E-state index is -0.0724. The number of aromatic nitrogens is 3.